The van der Waals surface area contributed by atoms with Crippen LogP contribution in [0.5, 0.6) is 0 Å². The Hall–Kier alpha value is -4.16. The lowest BCUT2D eigenvalue weighted by Crippen LogP contribution is -2.18. The van der Waals surface area contributed by atoms with E-state index in [1.165, 1.54) is 5.56 Å². The molecular weight excluding hydrogens is 448 g/mol. The van der Waals surface area contributed by atoms with Crippen LogP contribution in [0.3, 0.4) is 0 Å². The number of hydrazone groups is 1. The summed E-state index contributed by atoms with van der Waals surface area (Å²) in [5, 5.41) is 9.80. The molecule has 0 aliphatic rings. The minimum absolute atomic E-state index is 0.303. The number of hydrogen-bond acceptors (Lipinski definition) is 4. The van der Waals surface area contributed by atoms with Crippen molar-refractivity contribution >= 4 is 34.6 Å². The Kier molecular flexibility index (Phi) is 5.97. The summed E-state index contributed by atoms with van der Waals surface area (Å²) in [6.07, 6.45) is 3.69. The van der Waals surface area contributed by atoms with E-state index in [9.17, 15) is 4.79 Å². The van der Waals surface area contributed by atoms with Crippen LogP contribution in [-0.4, -0.2) is 21.8 Å². The maximum atomic E-state index is 13.0. The van der Waals surface area contributed by atoms with E-state index in [0.717, 1.165) is 23.0 Å². The number of nitrogens with one attached hydrogen (secondary N) is 1. The van der Waals surface area contributed by atoms with Crippen LogP contribution in [0, 0.1) is 6.92 Å². The highest BCUT2D eigenvalue weighted by Crippen LogP contribution is 2.31. The second-order valence-corrected chi connectivity index (χ2v) is 8.26. The molecule has 2 heterocycles. The molecule has 2 aromatic heterocycles. The van der Waals surface area contributed by atoms with Crippen molar-refractivity contribution in [1.82, 2.24) is 15.1 Å². The first-order chi connectivity index (χ1) is 16.6. The van der Waals surface area contributed by atoms with Crippen LogP contribution in [0.2, 0.25) is 5.02 Å². The molecule has 34 heavy (non-hydrogen) atoms. The summed E-state index contributed by atoms with van der Waals surface area (Å²) in [5.41, 5.74) is 7.12. The van der Waals surface area contributed by atoms with E-state index >= 15 is 0 Å². The lowest BCUT2D eigenvalue weighted by molar-refractivity contribution is 0.0954. The Morgan fingerprint density at radius 1 is 1.06 bits per heavy atom. The van der Waals surface area contributed by atoms with Gasteiger partial charge in [-0.05, 0) is 24.6 Å². The van der Waals surface area contributed by atoms with E-state index in [4.69, 9.17) is 16.1 Å². The number of para-hydroxylation sites is 1. The second-order valence-electron chi connectivity index (χ2n) is 7.86. The zero-order chi connectivity index (χ0) is 23.5. The second kappa shape index (κ2) is 9.37. The highest BCUT2D eigenvalue weighted by atomic mass is 35.5. The van der Waals surface area contributed by atoms with Gasteiger partial charge in [0.15, 0.2) is 0 Å². The molecule has 3 aromatic carbocycles. The third-order valence-corrected chi connectivity index (χ3v) is 5.93. The molecule has 0 spiro atoms. The number of fused-ring (bicyclic) bond motifs is 1. The first-order valence-electron chi connectivity index (χ1n) is 10.8. The Bertz CT molecular complexity index is 1500. The number of aryl methyl sites for hydroxylation is 1. The Morgan fingerprint density at radius 3 is 2.62 bits per heavy atom. The summed E-state index contributed by atoms with van der Waals surface area (Å²) in [4.78, 5) is 13.0. The van der Waals surface area contributed by atoms with Gasteiger partial charge in [-0.1, -0.05) is 83.5 Å². The van der Waals surface area contributed by atoms with Gasteiger partial charge in [0.1, 0.15) is 17.0 Å². The quantitative estimate of drug-likeness (QED) is 0.243. The number of benzene rings is 3. The molecule has 6 nitrogen and oxygen atoms in total. The maximum absolute atomic E-state index is 13.0. The topological polar surface area (TPSA) is 72.4 Å². The van der Waals surface area contributed by atoms with Gasteiger partial charge >= 0.3 is 0 Å². The largest absolute Gasteiger partial charge is 0.360 e. The van der Waals surface area contributed by atoms with Gasteiger partial charge in [-0.2, -0.15) is 5.10 Å². The Balaban J connectivity index is 1.40. The molecule has 1 amide bonds. The summed E-state index contributed by atoms with van der Waals surface area (Å²) in [7, 11) is 0. The fraction of sp³-hybridized carbons (Fsp3) is 0.0741. The van der Waals surface area contributed by atoms with Crippen LogP contribution in [0.4, 0.5) is 0 Å². The molecule has 5 aromatic rings. The van der Waals surface area contributed by atoms with E-state index in [1.807, 2.05) is 54.7 Å². The Labute approximate surface area is 201 Å². The third kappa shape index (κ3) is 4.23. The zero-order valence-corrected chi connectivity index (χ0v) is 19.2. The Morgan fingerprint density at radius 2 is 1.79 bits per heavy atom. The van der Waals surface area contributed by atoms with Crippen LogP contribution in [0.25, 0.3) is 22.2 Å². The fourth-order valence-electron chi connectivity index (χ4n) is 3.98. The number of carbonyl (C=O) groups is 1. The normalized spacial score (nSPS) is 11.4. The summed E-state index contributed by atoms with van der Waals surface area (Å²) < 4.78 is 7.46. The van der Waals surface area contributed by atoms with Gasteiger partial charge in [-0.15, -0.1) is 0 Å². The summed E-state index contributed by atoms with van der Waals surface area (Å²) in [6, 6.07) is 25.6. The van der Waals surface area contributed by atoms with Gasteiger partial charge in [-0.3, -0.25) is 4.79 Å². The molecule has 0 aliphatic heterocycles. The number of hydrogen-bond donors (Lipinski definition) is 1. The average Bonchev–Trinajstić information content (AvgIpc) is 3.40. The van der Waals surface area contributed by atoms with Crippen LogP contribution in [0.15, 0.2) is 94.7 Å². The molecule has 168 valence electrons. The van der Waals surface area contributed by atoms with Crippen molar-refractivity contribution in [3.8, 4) is 11.3 Å². The predicted molar refractivity (Wildman–Crippen MR) is 134 cm³/mol. The predicted octanol–water partition coefficient (Wildman–Crippen LogP) is 6.07. The van der Waals surface area contributed by atoms with E-state index in [1.54, 1.807) is 25.3 Å². The van der Waals surface area contributed by atoms with Crippen molar-refractivity contribution in [3.63, 3.8) is 0 Å². The number of nitrogens with zero attached hydrogens (tertiary/aromatic N) is 3. The molecule has 0 atom stereocenters. The summed E-state index contributed by atoms with van der Waals surface area (Å²) in [6.45, 7) is 2.42. The van der Waals surface area contributed by atoms with E-state index in [0.29, 0.717) is 27.6 Å². The van der Waals surface area contributed by atoms with Gasteiger partial charge in [0, 0.05) is 34.8 Å². The van der Waals surface area contributed by atoms with Crippen molar-refractivity contribution < 1.29 is 9.32 Å². The molecule has 0 saturated carbocycles. The van der Waals surface area contributed by atoms with Crippen LogP contribution in [0.1, 0.15) is 27.2 Å². The number of amides is 1. The van der Waals surface area contributed by atoms with Crippen LogP contribution >= 0.6 is 11.6 Å². The molecule has 0 bridgehead atoms. The molecule has 1 N–H and O–H groups in total. The van der Waals surface area contributed by atoms with Crippen molar-refractivity contribution in [3.05, 3.63) is 113 Å². The summed E-state index contributed by atoms with van der Waals surface area (Å²) >= 11 is 6.30. The van der Waals surface area contributed by atoms with E-state index < -0.39 is 5.91 Å². The smallest absolute Gasteiger partial charge is 0.277 e. The molecule has 0 aliphatic carbocycles. The highest BCUT2D eigenvalue weighted by Gasteiger charge is 2.22. The lowest BCUT2D eigenvalue weighted by Gasteiger charge is -2.05. The van der Waals surface area contributed by atoms with E-state index in [-0.39, 0.29) is 0 Å². The average molecular weight is 469 g/mol. The highest BCUT2D eigenvalue weighted by molar-refractivity contribution is 6.33. The first kappa shape index (κ1) is 21.7. The molecule has 0 unspecified atom stereocenters. The van der Waals surface area contributed by atoms with Crippen molar-refractivity contribution in [1.29, 1.82) is 0 Å². The lowest BCUT2D eigenvalue weighted by atomic mass is 10.1. The minimum Gasteiger partial charge on any atom is -0.360 e. The van der Waals surface area contributed by atoms with Gasteiger partial charge < -0.3 is 9.09 Å². The SMILES string of the molecule is Cc1onc(-c2ccccc2Cl)c1C(=O)NN=Cc1cn(Cc2ccccc2)c2ccccc12. The molecule has 7 heteroatoms. The third-order valence-electron chi connectivity index (χ3n) is 5.60. The molecule has 0 radical (unpaired) electrons. The van der Waals surface area contributed by atoms with Gasteiger partial charge in [0.05, 0.1) is 11.2 Å². The van der Waals surface area contributed by atoms with Crippen molar-refractivity contribution in [2.45, 2.75) is 13.5 Å². The number of halogens is 1. The van der Waals surface area contributed by atoms with Gasteiger partial charge in [0.2, 0.25) is 0 Å². The van der Waals surface area contributed by atoms with E-state index in [2.05, 4.69) is 38.5 Å². The standard InChI is InChI=1S/C27H21ClN4O2/c1-18-25(26(31-34-18)22-12-5-7-13-23(22)28)27(33)30-29-15-20-17-32(16-19-9-3-2-4-10-19)24-14-8-6-11-21(20)24/h2-15,17H,16H2,1H3,(H,30,33). The number of aromatic nitrogens is 2. The van der Waals surface area contributed by atoms with Gasteiger partial charge in [0.25, 0.3) is 5.91 Å². The number of carbonyl (C=O) groups excluding carboxylic acids is 1. The molecule has 0 fully saturated rings. The maximum Gasteiger partial charge on any atom is 0.277 e. The van der Waals surface area contributed by atoms with Crippen LogP contribution < -0.4 is 5.43 Å². The van der Waals surface area contributed by atoms with Crippen molar-refractivity contribution in [2.24, 2.45) is 5.10 Å². The monoisotopic (exact) mass is 468 g/mol. The van der Waals surface area contributed by atoms with Gasteiger partial charge in [-0.25, -0.2) is 5.43 Å². The zero-order valence-electron chi connectivity index (χ0n) is 18.4. The fourth-order valence-corrected chi connectivity index (χ4v) is 4.21. The molecule has 0 saturated heterocycles. The minimum atomic E-state index is -0.419. The molecule has 5 rings (SSSR count). The summed E-state index contributed by atoms with van der Waals surface area (Å²) in [5.74, 6) is -0.0278. The van der Waals surface area contributed by atoms with Crippen LogP contribution in [-0.2, 0) is 6.54 Å². The van der Waals surface area contributed by atoms with Crippen molar-refractivity contribution in [2.75, 3.05) is 0 Å². The molecular formula is C27H21ClN4O2. The first-order valence-corrected chi connectivity index (χ1v) is 11.2. The number of rotatable bonds is 6.